The van der Waals surface area contributed by atoms with Gasteiger partial charge in [-0.3, -0.25) is 0 Å². The highest BCUT2D eigenvalue weighted by Crippen LogP contribution is 2.39. The lowest BCUT2D eigenvalue weighted by molar-refractivity contribution is 0.148. The van der Waals surface area contributed by atoms with Crippen molar-refractivity contribution in [2.75, 3.05) is 6.54 Å². The highest BCUT2D eigenvalue weighted by molar-refractivity contribution is 5.33. The van der Waals surface area contributed by atoms with Gasteiger partial charge in [0.05, 0.1) is 0 Å². The lowest BCUT2D eigenvalue weighted by Crippen LogP contribution is -2.36. The fourth-order valence-electron chi connectivity index (χ4n) is 4.27. The molecule has 0 unspecified atom stereocenters. The van der Waals surface area contributed by atoms with Gasteiger partial charge in [-0.2, -0.15) is 0 Å². The summed E-state index contributed by atoms with van der Waals surface area (Å²) in [6.45, 7) is 8.46. The molecule has 0 amide bonds. The van der Waals surface area contributed by atoms with E-state index in [-0.39, 0.29) is 0 Å². The molecule has 1 heteroatoms. The standard InChI is InChI=1S/C20H31N/c1-20(2,3)18-10-8-15(9-11-18)14-21-19-12-16-6-4-5-7-17(16)13-19/h4-7,15,18-19,21H,8-14H2,1-3H3. The smallest absolute Gasteiger partial charge is 0.0148 e. The minimum absolute atomic E-state index is 0.505. The van der Waals surface area contributed by atoms with Crippen LogP contribution in [0.5, 0.6) is 0 Å². The highest BCUT2D eigenvalue weighted by Gasteiger charge is 2.30. The third-order valence-corrected chi connectivity index (χ3v) is 5.82. The van der Waals surface area contributed by atoms with Crippen molar-refractivity contribution in [3.63, 3.8) is 0 Å². The van der Waals surface area contributed by atoms with E-state index in [1.807, 2.05) is 0 Å². The van der Waals surface area contributed by atoms with E-state index in [0.717, 1.165) is 11.8 Å². The number of hydrogen-bond acceptors (Lipinski definition) is 1. The van der Waals surface area contributed by atoms with Crippen LogP contribution in [0, 0.1) is 17.3 Å². The fourth-order valence-corrected chi connectivity index (χ4v) is 4.27. The van der Waals surface area contributed by atoms with Crippen molar-refractivity contribution in [3.8, 4) is 0 Å². The van der Waals surface area contributed by atoms with E-state index in [9.17, 15) is 0 Å². The summed E-state index contributed by atoms with van der Waals surface area (Å²) in [4.78, 5) is 0. The van der Waals surface area contributed by atoms with Gasteiger partial charge in [0.1, 0.15) is 0 Å². The SMILES string of the molecule is CC(C)(C)C1CCC(CNC2Cc3ccccc3C2)CC1. The summed E-state index contributed by atoms with van der Waals surface area (Å²) in [5, 5.41) is 3.85. The molecule has 1 N–H and O–H groups in total. The molecule has 21 heavy (non-hydrogen) atoms. The minimum atomic E-state index is 0.505. The maximum atomic E-state index is 3.85. The predicted octanol–water partition coefficient (Wildman–Crippen LogP) is 4.60. The Hall–Kier alpha value is -0.820. The van der Waals surface area contributed by atoms with Crippen LogP contribution >= 0.6 is 0 Å². The minimum Gasteiger partial charge on any atom is -0.313 e. The molecule has 1 aromatic carbocycles. The monoisotopic (exact) mass is 285 g/mol. The van der Waals surface area contributed by atoms with Gasteiger partial charge < -0.3 is 5.32 Å². The van der Waals surface area contributed by atoms with Gasteiger partial charge in [0.15, 0.2) is 0 Å². The summed E-state index contributed by atoms with van der Waals surface area (Å²) in [6, 6.07) is 9.63. The van der Waals surface area contributed by atoms with Gasteiger partial charge in [0.2, 0.25) is 0 Å². The first-order valence-electron chi connectivity index (χ1n) is 8.82. The molecule has 0 bridgehead atoms. The summed E-state index contributed by atoms with van der Waals surface area (Å²) in [6.07, 6.45) is 8.17. The Morgan fingerprint density at radius 2 is 1.52 bits per heavy atom. The van der Waals surface area contributed by atoms with Crippen molar-refractivity contribution in [1.29, 1.82) is 0 Å². The fraction of sp³-hybridized carbons (Fsp3) is 0.700. The second-order valence-corrected chi connectivity index (χ2v) is 8.37. The Bertz CT molecular complexity index is 438. The first-order chi connectivity index (χ1) is 10.0. The highest BCUT2D eigenvalue weighted by atomic mass is 14.9. The second kappa shape index (κ2) is 6.12. The quantitative estimate of drug-likeness (QED) is 0.856. The third-order valence-electron chi connectivity index (χ3n) is 5.82. The molecular formula is C20H31N. The van der Waals surface area contributed by atoms with Crippen LogP contribution in [0.1, 0.15) is 57.6 Å². The first kappa shape index (κ1) is 15.1. The van der Waals surface area contributed by atoms with Gasteiger partial charge in [-0.15, -0.1) is 0 Å². The maximum Gasteiger partial charge on any atom is 0.0148 e. The Balaban J connectivity index is 1.42. The van der Waals surface area contributed by atoms with Gasteiger partial charge >= 0.3 is 0 Å². The van der Waals surface area contributed by atoms with Crippen LogP contribution in [0.2, 0.25) is 0 Å². The largest absolute Gasteiger partial charge is 0.313 e. The molecule has 0 saturated heterocycles. The second-order valence-electron chi connectivity index (χ2n) is 8.37. The molecule has 2 aliphatic carbocycles. The molecule has 0 heterocycles. The molecule has 1 saturated carbocycles. The molecular weight excluding hydrogens is 254 g/mol. The zero-order valence-corrected chi connectivity index (χ0v) is 14.0. The number of fused-ring (bicyclic) bond motifs is 1. The van der Waals surface area contributed by atoms with Crippen molar-refractivity contribution in [2.24, 2.45) is 17.3 Å². The average Bonchev–Trinajstić information content (AvgIpc) is 2.87. The number of nitrogens with one attached hydrogen (secondary N) is 1. The molecule has 0 radical (unpaired) electrons. The average molecular weight is 285 g/mol. The Morgan fingerprint density at radius 1 is 0.952 bits per heavy atom. The first-order valence-corrected chi connectivity index (χ1v) is 8.82. The molecule has 2 aliphatic rings. The molecule has 3 rings (SSSR count). The van der Waals surface area contributed by atoms with E-state index >= 15 is 0 Å². The molecule has 1 fully saturated rings. The van der Waals surface area contributed by atoms with E-state index in [2.05, 4.69) is 50.4 Å². The summed E-state index contributed by atoms with van der Waals surface area (Å²) in [5.41, 5.74) is 3.63. The normalized spacial score (nSPS) is 26.8. The molecule has 0 aliphatic heterocycles. The van der Waals surface area contributed by atoms with Gasteiger partial charge in [-0.05, 0) is 73.4 Å². The van der Waals surface area contributed by atoms with E-state index in [0.29, 0.717) is 11.5 Å². The summed E-state index contributed by atoms with van der Waals surface area (Å²) < 4.78 is 0. The Labute approximate surface area is 130 Å². The van der Waals surface area contributed by atoms with Gasteiger partial charge in [0.25, 0.3) is 0 Å². The number of rotatable bonds is 3. The van der Waals surface area contributed by atoms with Crippen LogP contribution in [0.3, 0.4) is 0 Å². The van der Waals surface area contributed by atoms with Crippen molar-refractivity contribution in [1.82, 2.24) is 5.32 Å². The van der Waals surface area contributed by atoms with Crippen molar-refractivity contribution in [3.05, 3.63) is 35.4 Å². The molecule has 0 spiro atoms. The lowest BCUT2D eigenvalue weighted by atomic mass is 9.70. The lowest BCUT2D eigenvalue weighted by Gasteiger charge is -2.37. The van der Waals surface area contributed by atoms with Crippen molar-refractivity contribution < 1.29 is 0 Å². The van der Waals surface area contributed by atoms with Crippen LogP contribution in [0.25, 0.3) is 0 Å². The molecule has 0 aromatic heterocycles. The van der Waals surface area contributed by atoms with Gasteiger partial charge in [0, 0.05) is 6.04 Å². The van der Waals surface area contributed by atoms with Crippen molar-refractivity contribution in [2.45, 2.75) is 65.3 Å². The summed E-state index contributed by atoms with van der Waals surface area (Å²) in [7, 11) is 0. The third kappa shape index (κ3) is 3.69. The topological polar surface area (TPSA) is 12.0 Å². The predicted molar refractivity (Wildman–Crippen MR) is 90.5 cm³/mol. The van der Waals surface area contributed by atoms with Crippen LogP contribution in [-0.2, 0) is 12.8 Å². The van der Waals surface area contributed by atoms with Gasteiger partial charge in [-0.25, -0.2) is 0 Å². The molecule has 116 valence electrons. The van der Waals surface area contributed by atoms with E-state index in [4.69, 9.17) is 0 Å². The maximum absolute atomic E-state index is 3.85. The Morgan fingerprint density at radius 3 is 2.05 bits per heavy atom. The molecule has 0 atom stereocenters. The summed E-state index contributed by atoms with van der Waals surface area (Å²) >= 11 is 0. The van der Waals surface area contributed by atoms with E-state index < -0.39 is 0 Å². The summed E-state index contributed by atoms with van der Waals surface area (Å²) in [5.74, 6) is 1.84. The number of benzene rings is 1. The number of hydrogen-bond donors (Lipinski definition) is 1. The van der Waals surface area contributed by atoms with E-state index in [1.54, 1.807) is 11.1 Å². The van der Waals surface area contributed by atoms with Crippen molar-refractivity contribution >= 4 is 0 Å². The van der Waals surface area contributed by atoms with Crippen LogP contribution in [-0.4, -0.2) is 12.6 Å². The zero-order valence-electron chi connectivity index (χ0n) is 14.0. The van der Waals surface area contributed by atoms with E-state index in [1.165, 1.54) is 45.1 Å². The van der Waals surface area contributed by atoms with Gasteiger partial charge in [-0.1, -0.05) is 45.0 Å². The molecule has 1 aromatic rings. The zero-order chi connectivity index (χ0) is 14.9. The van der Waals surface area contributed by atoms with Crippen LogP contribution < -0.4 is 5.32 Å². The van der Waals surface area contributed by atoms with Crippen LogP contribution in [0.4, 0.5) is 0 Å². The molecule has 1 nitrogen and oxygen atoms in total. The Kier molecular flexibility index (Phi) is 4.40. The van der Waals surface area contributed by atoms with Crippen LogP contribution in [0.15, 0.2) is 24.3 Å².